The minimum Gasteiger partial charge on any atom is -0.345 e. The molecule has 1 aliphatic rings. The van der Waals surface area contributed by atoms with Crippen LogP contribution in [0.1, 0.15) is 32.3 Å². The van der Waals surface area contributed by atoms with Crippen molar-refractivity contribution in [2.75, 3.05) is 0 Å². The maximum absolute atomic E-state index is 12.3. The molecule has 0 aromatic heterocycles. The SMILES string of the molecule is CC(C)[C@H](NC(=O)Cc1ccccc1)C(=O)NNC(=O)C(=O)NC1CC1. The zero-order valence-electron chi connectivity index (χ0n) is 14.9. The standard InChI is InChI=1S/C18H24N4O4/c1-11(2)15(20-14(23)10-12-6-4-3-5-7-12)16(24)21-22-18(26)17(25)19-13-8-9-13/h3-7,11,13,15H,8-10H2,1-2H3,(H,19,25)(H,20,23)(H,21,24)(H,22,26)/t15-/m0/s1. The Labute approximate surface area is 152 Å². The average Bonchev–Trinajstić information content (AvgIpc) is 3.41. The first-order valence-electron chi connectivity index (χ1n) is 8.60. The van der Waals surface area contributed by atoms with Crippen molar-refractivity contribution in [3.05, 3.63) is 35.9 Å². The molecule has 0 aliphatic heterocycles. The summed E-state index contributed by atoms with van der Waals surface area (Å²) in [5, 5.41) is 5.17. The molecule has 1 fully saturated rings. The van der Waals surface area contributed by atoms with E-state index in [9.17, 15) is 19.2 Å². The molecule has 8 heteroatoms. The fourth-order valence-corrected chi connectivity index (χ4v) is 2.27. The van der Waals surface area contributed by atoms with Crippen LogP contribution in [0.2, 0.25) is 0 Å². The van der Waals surface area contributed by atoms with Crippen LogP contribution in [-0.2, 0) is 25.6 Å². The van der Waals surface area contributed by atoms with Gasteiger partial charge in [-0.3, -0.25) is 30.0 Å². The number of hydrogen-bond donors (Lipinski definition) is 4. The van der Waals surface area contributed by atoms with E-state index < -0.39 is 23.8 Å². The Bertz CT molecular complexity index is 671. The van der Waals surface area contributed by atoms with Gasteiger partial charge in [-0.25, -0.2) is 0 Å². The van der Waals surface area contributed by atoms with E-state index in [1.807, 2.05) is 30.3 Å². The van der Waals surface area contributed by atoms with E-state index >= 15 is 0 Å². The largest absolute Gasteiger partial charge is 0.345 e. The summed E-state index contributed by atoms with van der Waals surface area (Å²) in [7, 11) is 0. The second kappa shape index (κ2) is 8.98. The highest BCUT2D eigenvalue weighted by Gasteiger charge is 2.28. The number of hydrazine groups is 1. The molecule has 0 saturated heterocycles. The minimum atomic E-state index is -0.941. The lowest BCUT2D eigenvalue weighted by molar-refractivity contribution is -0.141. The van der Waals surface area contributed by atoms with Crippen LogP contribution in [-0.4, -0.2) is 35.7 Å². The van der Waals surface area contributed by atoms with Gasteiger partial charge in [0, 0.05) is 6.04 Å². The van der Waals surface area contributed by atoms with Crippen LogP contribution < -0.4 is 21.5 Å². The number of nitrogens with one attached hydrogen (secondary N) is 4. The van der Waals surface area contributed by atoms with Gasteiger partial charge in [-0.15, -0.1) is 0 Å². The lowest BCUT2D eigenvalue weighted by atomic mass is 10.0. The van der Waals surface area contributed by atoms with Crippen LogP contribution >= 0.6 is 0 Å². The summed E-state index contributed by atoms with van der Waals surface area (Å²) in [5.41, 5.74) is 5.10. The van der Waals surface area contributed by atoms with E-state index in [-0.39, 0.29) is 24.3 Å². The number of benzene rings is 1. The summed E-state index contributed by atoms with van der Waals surface area (Å²) in [5.74, 6) is -2.82. The molecule has 4 N–H and O–H groups in total. The maximum atomic E-state index is 12.3. The summed E-state index contributed by atoms with van der Waals surface area (Å²) in [6.45, 7) is 3.54. The van der Waals surface area contributed by atoms with Gasteiger partial charge in [-0.05, 0) is 24.3 Å². The zero-order valence-corrected chi connectivity index (χ0v) is 14.9. The van der Waals surface area contributed by atoms with Crippen molar-refractivity contribution in [1.29, 1.82) is 0 Å². The van der Waals surface area contributed by atoms with Crippen LogP contribution in [0.5, 0.6) is 0 Å². The first-order valence-corrected chi connectivity index (χ1v) is 8.60. The molecule has 0 spiro atoms. The average molecular weight is 360 g/mol. The van der Waals surface area contributed by atoms with Crippen LogP contribution in [0.25, 0.3) is 0 Å². The molecule has 1 saturated carbocycles. The first kappa shape index (κ1) is 19.4. The van der Waals surface area contributed by atoms with Gasteiger partial charge >= 0.3 is 11.8 Å². The molecular weight excluding hydrogens is 336 g/mol. The summed E-state index contributed by atoms with van der Waals surface area (Å²) in [6.07, 6.45) is 1.86. The third kappa shape index (κ3) is 6.19. The van der Waals surface area contributed by atoms with Crippen molar-refractivity contribution >= 4 is 23.6 Å². The van der Waals surface area contributed by atoms with Gasteiger partial charge in [0.15, 0.2) is 0 Å². The van der Waals surface area contributed by atoms with Crippen molar-refractivity contribution in [3.8, 4) is 0 Å². The highest BCUT2D eigenvalue weighted by molar-refractivity contribution is 6.35. The topological polar surface area (TPSA) is 116 Å². The molecule has 26 heavy (non-hydrogen) atoms. The summed E-state index contributed by atoms with van der Waals surface area (Å²) in [4.78, 5) is 47.6. The molecule has 2 rings (SSSR count). The Balaban J connectivity index is 1.82. The molecule has 0 radical (unpaired) electrons. The summed E-state index contributed by atoms with van der Waals surface area (Å²) in [6, 6.07) is 8.37. The number of carbonyl (C=O) groups excluding carboxylic acids is 4. The quantitative estimate of drug-likeness (QED) is 0.415. The first-order chi connectivity index (χ1) is 12.4. The number of rotatable bonds is 6. The maximum Gasteiger partial charge on any atom is 0.327 e. The predicted molar refractivity (Wildman–Crippen MR) is 94.4 cm³/mol. The van der Waals surface area contributed by atoms with Gasteiger partial charge in [0.1, 0.15) is 6.04 Å². The van der Waals surface area contributed by atoms with E-state index in [0.717, 1.165) is 18.4 Å². The number of amides is 4. The lowest BCUT2D eigenvalue weighted by Crippen LogP contribution is -2.56. The normalized spacial score (nSPS) is 14.3. The van der Waals surface area contributed by atoms with E-state index in [4.69, 9.17) is 0 Å². The molecule has 1 aromatic carbocycles. The number of carbonyl (C=O) groups is 4. The third-order valence-electron chi connectivity index (χ3n) is 3.89. The monoisotopic (exact) mass is 360 g/mol. The smallest absolute Gasteiger partial charge is 0.327 e. The van der Waals surface area contributed by atoms with Crippen molar-refractivity contribution in [3.63, 3.8) is 0 Å². The Morgan fingerprint density at radius 2 is 1.65 bits per heavy atom. The van der Waals surface area contributed by atoms with E-state index in [1.54, 1.807) is 13.8 Å². The van der Waals surface area contributed by atoms with Crippen molar-refractivity contribution < 1.29 is 19.2 Å². The minimum absolute atomic E-state index is 0.0460. The molecule has 4 amide bonds. The van der Waals surface area contributed by atoms with Gasteiger partial charge < -0.3 is 10.6 Å². The molecule has 140 valence electrons. The second-order valence-electron chi connectivity index (χ2n) is 6.64. The Morgan fingerprint density at radius 1 is 1.00 bits per heavy atom. The Hall–Kier alpha value is -2.90. The van der Waals surface area contributed by atoms with Gasteiger partial charge in [-0.2, -0.15) is 0 Å². The van der Waals surface area contributed by atoms with Gasteiger partial charge in [0.25, 0.3) is 5.91 Å². The zero-order chi connectivity index (χ0) is 19.1. The van der Waals surface area contributed by atoms with Crippen LogP contribution in [0.3, 0.4) is 0 Å². The van der Waals surface area contributed by atoms with Crippen molar-refractivity contribution in [2.45, 2.75) is 45.2 Å². The Morgan fingerprint density at radius 3 is 2.23 bits per heavy atom. The summed E-state index contributed by atoms with van der Waals surface area (Å²) >= 11 is 0. The molecule has 1 atom stereocenters. The van der Waals surface area contributed by atoms with Gasteiger partial charge in [0.05, 0.1) is 6.42 Å². The molecule has 8 nitrogen and oxygen atoms in total. The van der Waals surface area contributed by atoms with E-state index in [2.05, 4.69) is 21.5 Å². The third-order valence-corrected chi connectivity index (χ3v) is 3.89. The summed E-state index contributed by atoms with van der Waals surface area (Å²) < 4.78 is 0. The van der Waals surface area contributed by atoms with Gasteiger partial charge in [0.2, 0.25) is 5.91 Å². The van der Waals surface area contributed by atoms with Crippen LogP contribution in [0, 0.1) is 5.92 Å². The molecule has 0 heterocycles. The highest BCUT2D eigenvalue weighted by Crippen LogP contribution is 2.18. The lowest BCUT2D eigenvalue weighted by Gasteiger charge is -2.21. The van der Waals surface area contributed by atoms with E-state index in [0.29, 0.717) is 0 Å². The molecular formula is C18H24N4O4. The van der Waals surface area contributed by atoms with E-state index in [1.165, 1.54) is 0 Å². The van der Waals surface area contributed by atoms with Crippen LogP contribution in [0.15, 0.2) is 30.3 Å². The Kier molecular flexibility index (Phi) is 6.71. The van der Waals surface area contributed by atoms with Crippen LogP contribution in [0.4, 0.5) is 0 Å². The second-order valence-corrected chi connectivity index (χ2v) is 6.64. The molecule has 0 unspecified atom stereocenters. The fourth-order valence-electron chi connectivity index (χ4n) is 2.27. The van der Waals surface area contributed by atoms with Crippen molar-refractivity contribution in [2.24, 2.45) is 5.92 Å². The molecule has 0 bridgehead atoms. The highest BCUT2D eigenvalue weighted by atomic mass is 16.2. The molecule has 1 aromatic rings. The molecule has 1 aliphatic carbocycles. The fraction of sp³-hybridized carbons (Fsp3) is 0.444. The van der Waals surface area contributed by atoms with Gasteiger partial charge in [-0.1, -0.05) is 44.2 Å². The number of hydrogen-bond acceptors (Lipinski definition) is 4. The van der Waals surface area contributed by atoms with Crippen molar-refractivity contribution in [1.82, 2.24) is 21.5 Å². The predicted octanol–water partition coefficient (Wildman–Crippen LogP) is -0.204.